The first-order valence-electron chi connectivity index (χ1n) is 24.7. The monoisotopic (exact) mass is 1020 g/mol. The molecular weight excluding hydrogens is 935 g/mol. The third kappa shape index (κ3) is 14.9. The molecular formula is C62H86Cl2SiZr-4. The van der Waals surface area contributed by atoms with Crippen molar-refractivity contribution in [2.75, 3.05) is 0 Å². The molecule has 6 aromatic rings. The van der Waals surface area contributed by atoms with Crippen LogP contribution in [0, 0.1) is 25.7 Å². The van der Waals surface area contributed by atoms with Crippen molar-refractivity contribution in [2.24, 2.45) is 10.8 Å². The van der Waals surface area contributed by atoms with Crippen molar-refractivity contribution < 1.29 is 23.3 Å². The van der Waals surface area contributed by atoms with Gasteiger partial charge in [-0.15, -0.1) is 93.9 Å². The molecule has 360 valence electrons. The Balaban J connectivity index is 0.000000413. The van der Waals surface area contributed by atoms with Crippen molar-refractivity contribution in [1.82, 2.24) is 0 Å². The van der Waals surface area contributed by atoms with Crippen molar-refractivity contribution in [3.63, 3.8) is 0 Å². The third-order valence-corrected chi connectivity index (χ3v) is 14.7. The Labute approximate surface area is 434 Å². The molecule has 0 nitrogen and oxygen atoms in total. The predicted molar refractivity (Wildman–Crippen MR) is 298 cm³/mol. The van der Waals surface area contributed by atoms with Gasteiger partial charge in [-0.25, -0.2) is 0 Å². The van der Waals surface area contributed by atoms with Gasteiger partial charge in [0.15, 0.2) is 0 Å². The van der Waals surface area contributed by atoms with E-state index in [1.54, 1.807) is 11.1 Å². The van der Waals surface area contributed by atoms with E-state index in [4.69, 9.17) is 0 Å². The van der Waals surface area contributed by atoms with E-state index >= 15 is 0 Å². The Kier molecular flexibility index (Phi) is 24.7. The molecule has 2 fully saturated rings. The summed E-state index contributed by atoms with van der Waals surface area (Å²) in [6.07, 6.45) is 25.0. The summed E-state index contributed by atoms with van der Waals surface area (Å²) < 4.78 is 0. The second-order valence-electron chi connectivity index (χ2n) is 21.6. The molecule has 0 aliphatic heterocycles. The maximum atomic E-state index is 3.06. The molecule has 0 saturated heterocycles. The van der Waals surface area contributed by atoms with Gasteiger partial charge >= 0.3 is 30.2 Å². The zero-order chi connectivity index (χ0) is 44.4. The maximum absolute atomic E-state index is 3.06. The van der Waals surface area contributed by atoms with Gasteiger partial charge in [0, 0.05) is 0 Å². The molecule has 0 N–H and O–H groups in total. The molecule has 2 aliphatic rings. The van der Waals surface area contributed by atoms with Crippen LogP contribution < -0.4 is 0 Å². The summed E-state index contributed by atoms with van der Waals surface area (Å²) in [5.74, 6) is 0. The number of hydrogen-bond donors (Lipinski definition) is 0. The first-order valence-corrected chi connectivity index (χ1v) is 28.8. The normalized spacial score (nSPS) is 15.7. The van der Waals surface area contributed by atoms with Crippen LogP contribution >= 0.6 is 24.8 Å². The molecule has 2 aliphatic carbocycles. The minimum absolute atomic E-state index is 0. The van der Waals surface area contributed by atoms with E-state index in [9.17, 15) is 0 Å². The van der Waals surface area contributed by atoms with Gasteiger partial charge in [0.25, 0.3) is 0 Å². The quantitative estimate of drug-likeness (QED) is 0.0729. The van der Waals surface area contributed by atoms with E-state index in [0.717, 1.165) is 0 Å². The van der Waals surface area contributed by atoms with E-state index in [0.29, 0.717) is 10.8 Å². The molecule has 0 heterocycles. The van der Waals surface area contributed by atoms with Crippen LogP contribution in [0.25, 0.3) is 43.8 Å². The molecule has 4 heteroatoms. The Bertz CT molecular complexity index is 2150. The fourth-order valence-electron chi connectivity index (χ4n) is 11.9. The standard InChI is InChI=1S/2C30H39.2CH3.2ClH.Si.Zr/c2*1-5-17-30(18-10-6-7-11-19-30)22-23-20-24-13-12-15-25(27(24)21-23)26-14-8-9-16-28(26)29(2,3)4;;;;;;/h2*8-9,12-16,20-21H,5-7,10-11,17-19,22H2,1-4H3;2*1H3;2*1H;;/q4*-1;;;;. The van der Waals surface area contributed by atoms with Crippen LogP contribution in [0.5, 0.6) is 0 Å². The van der Waals surface area contributed by atoms with Gasteiger partial charge in [-0.2, -0.15) is 12.1 Å². The fourth-order valence-corrected chi connectivity index (χ4v) is 11.9. The molecule has 6 aromatic carbocycles. The van der Waals surface area contributed by atoms with Gasteiger partial charge in [-0.1, -0.05) is 191 Å². The van der Waals surface area contributed by atoms with Crippen molar-refractivity contribution >= 4 is 53.2 Å². The van der Waals surface area contributed by atoms with Crippen molar-refractivity contribution in [3.8, 4) is 22.3 Å². The Morgan fingerprint density at radius 1 is 0.470 bits per heavy atom. The molecule has 8 rings (SSSR count). The molecule has 0 aromatic heterocycles. The summed E-state index contributed by atoms with van der Waals surface area (Å²) in [5.41, 5.74) is 12.9. The van der Waals surface area contributed by atoms with E-state index < -0.39 is 0 Å². The number of hydrogen-bond acceptors (Lipinski definition) is 0. The van der Waals surface area contributed by atoms with Crippen LogP contribution in [0.3, 0.4) is 0 Å². The van der Waals surface area contributed by atoms with Gasteiger partial charge in [-0.3, -0.25) is 0 Å². The molecule has 0 atom stereocenters. The van der Waals surface area contributed by atoms with Crippen LogP contribution in [-0.4, -0.2) is 6.88 Å². The molecule has 0 amide bonds. The molecule has 0 unspecified atom stereocenters. The summed E-state index contributed by atoms with van der Waals surface area (Å²) >= 11 is 1.36. The SMILES string of the molecule is CCCC1(Cc2cc3c(-c4ccccc4C(C)(C)C)cccc3[cH-]2)CCCCCC1.CCCC1(Cc2cc3c(-c4ccccc4C(C)(C)C)cccc3[cH-]2)CCCCCC1.Cl.Cl.[CH3-].[CH3-].[Si]=[Zr]. The van der Waals surface area contributed by atoms with Gasteiger partial charge < -0.3 is 14.9 Å². The Morgan fingerprint density at radius 3 is 1.11 bits per heavy atom. The number of fused-ring (bicyclic) bond motifs is 2. The van der Waals surface area contributed by atoms with E-state index in [1.165, 1.54) is 194 Å². The molecule has 2 saturated carbocycles. The van der Waals surface area contributed by atoms with Crippen LogP contribution in [0.2, 0.25) is 0 Å². The second kappa shape index (κ2) is 27.2. The van der Waals surface area contributed by atoms with Crippen LogP contribution in [0.15, 0.2) is 109 Å². The van der Waals surface area contributed by atoms with Crippen LogP contribution in [0.4, 0.5) is 0 Å². The molecule has 66 heavy (non-hydrogen) atoms. The summed E-state index contributed by atoms with van der Waals surface area (Å²) in [7, 11) is 0. The average Bonchev–Trinajstić information content (AvgIpc) is 3.69. The topological polar surface area (TPSA) is 0 Å². The number of rotatable bonds is 10. The van der Waals surface area contributed by atoms with Gasteiger partial charge in [0.2, 0.25) is 0 Å². The summed E-state index contributed by atoms with van der Waals surface area (Å²) in [4.78, 5) is 0. The number of halogens is 2. The van der Waals surface area contributed by atoms with E-state index in [-0.39, 0.29) is 50.5 Å². The van der Waals surface area contributed by atoms with E-state index in [2.05, 4.69) is 171 Å². The Hall–Kier alpha value is -2.22. The van der Waals surface area contributed by atoms with Crippen LogP contribution in [-0.2, 0) is 47.0 Å². The molecule has 0 bridgehead atoms. The average molecular weight is 1020 g/mol. The third-order valence-electron chi connectivity index (χ3n) is 14.7. The summed E-state index contributed by atoms with van der Waals surface area (Å²) in [6, 6.07) is 41.7. The van der Waals surface area contributed by atoms with Crippen molar-refractivity contribution in [3.05, 3.63) is 146 Å². The van der Waals surface area contributed by atoms with Gasteiger partial charge in [0.05, 0.1) is 0 Å². The molecule has 0 spiro atoms. The first-order chi connectivity index (χ1) is 29.8. The second-order valence-corrected chi connectivity index (χ2v) is 21.6. The fraction of sp³-hybridized carbons (Fsp3) is 0.484. The van der Waals surface area contributed by atoms with Crippen molar-refractivity contribution in [2.45, 2.75) is 182 Å². The Morgan fingerprint density at radius 2 is 0.788 bits per heavy atom. The zero-order valence-corrected chi connectivity index (χ0v) is 48.0. The van der Waals surface area contributed by atoms with E-state index in [1.807, 2.05) is 0 Å². The predicted octanol–water partition coefficient (Wildman–Crippen LogP) is 19.8. The zero-order valence-electron chi connectivity index (χ0n) is 42.9. The van der Waals surface area contributed by atoms with Crippen molar-refractivity contribution in [1.29, 1.82) is 0 Å². The molecule has 2 radical (unpaired) electrons. The van der Waals surface area contributed by atoms with Crippen LogP contribution in [0.1, 0.15) is 180 Å². The summed E-state index contributed by atoms with van der Waals surface area (Å²) in [6.45, 7) is 21.7. The first kappa shape index (κ1) is 59.9. The number of benzene rings is 4. The minimum atomic E-state index is 0. The van der Waals surface area contributed by atoms with Gasteiger partial charge in [-0.05, 0) is 95.3 Å². The van der Waals surface area contributed by atoms with Gasteiger partial charge in [0.1, 0.15) is 0 Å². The summed E-state index contributed by atoms with van der Waals surface area (Å²) in [5, 5.41) is 5.69.